The third-order valence-corrected chi connectivity index (χ3v) is 2.15. The summed E-state index contributed by atoms with van der Waals surface area (Å²) in [5.41, 5.74) is 1.44. The van der Waals surface area contributed by atoms with Gasteiger partial charge in [-0.05, 0) is 0 Å². The van der Waals surface area contributed by atoms with Gasteiger partial charge in [0.15, 0.2) is 0 Å². The molecule has 0 aromatic heterocycles. The zero-order valence-electron chi connectivity index (χ0n) is 6.66. The highest BCUT2D eigenvalue weighted by Crippen LogP contribution is 2.35. The van der Waals surface area contributed by atoms with Gasteiger partial charge in [0, 0.05) is 0 Å². The van der Waals surface area contributed by atoms with Crippen LogP contribution >= 0.6 is 0 Å². The molecule has 0 nitrogen and oxygen atoms in total. The lowest BCUT2D eigenvalue weighted by Gasteiger charge is -1.96. The second-order valence-corrected chi connectivity index (χ2v) is 3.26. The molecule has 1 aromatic rings. The van der Waals surface area contributed by atoms with Gasteiger partial charge in [-0.15, -0.1) is 0 Å². The molecule has 1 radical (unpaired) electrons. The monoisotopic (exact) mass is 143 g/mol. The SMILES string of the molecule is [B](Cc1ccccc1)C1CC1. The lowest BCUT2D eigenvalue weighted by atomic mass is 9.67. The van der Waals surface area contributed by atoms with Crippen molar-refractivity contribution < 1.29 is 0 Å². The quantitative estimate of drug-likeness (QED) is 0.570. The highest BCUT2D eigenvalue weighted by atomic mass is 14.2. The first-order valence-electron chi connectivity index (χ1n) is 4.32. The standard InChI is InChI=1S/C10H12B/c1-2-4-9(5-3-1)8-11-10-6-7-10/h1-5,10H,6-8H2. The zero-order valence-corrected chi connectivity index (χ0v) is 6.66. The summed E-state index contributed by atoms with van der Waals surface area (Å²) in [6.45, 7) is 0. The first kappa shape index (κ1) is 6.96. The maximum atomic E-state index is 2.44. The first-order chi connectivity index (χ1) is 5.45. The third kappa shape index (κ3) is 2.11. The molecule has 0 unspecified atom stereocenters. The van der Waals surface area contributed by atoms with E-state index in [0.717, 1.165) is 12.1 Å². The average Bonchev–Trinajstić information content (AvgIpc) is 2.86. The van der Waals surface area contributed by atoms with Gasteiger partial charge >= 0.3 is 0 Å². The highest BCUT2D eigenvalue weighted by Gasteiger charge is 2.21. The molecule has 1 aliphatic rings. The fourth-order valence-corrected chi connectivity index (χ4v) is 1.25. The van der Waals surface area contributed by atoms with Crippen LogP contribution in [-0.2, 0) is 6.32 Å². The van der Waals surface area contributed by atoms with Crippen molar-refractivity contribution in [2.45, 2.75) is 25.0 Å². The lowest BCUT2D eigenvalue weighted by Crippen LogP contribution is -1.94. The minimum absolute atomic E-state index is 0.940. The van der Waals surface area contributed by atoms with Crippen molar-refractivity contribution in [1.82, 2.24) is 0 Å². The molecule has 0 amide bonds. The van der Waals surface area contributed by atoms with Crippen LogP contribution in [0.1, 0.15) is 18.4 Å². The molecule has 0 aliphatic heterocycles. The zero-order chi connectivity index (χ0) is 7.52. The summed E-state index contributed by atoms with van der Waals surface area (Å²) in [7, 11) is 2.44. The van der Waals surface area contributed by atoms with E-state index in [-0.39, 0.29) is 0 Å². The van der Waals surface area contributed by atoms with Crippen LogP contribution in [0.15, 0.2) is 30.3 Å². The van der Waals surface area contributed by atoms with E-state index in [0.29, 0.717) is 0 Å². The molecule has 0 saturated heterocycles. The fraction of sp³-hybridized carbons (Fsp3) is 0.400. The van der Waals surface area contributed by atoms with E-state index < -0.39 is 0 Å². The number of benzene rings is 1. The third-order valence-electron chi connectivity index (χ3n) is 2.15. The van der Waals surface area contributed by atoms with Crippen molar-refractivity contribution in [3.63, 3.8) is 0 Å². The summed E-state index contributed by atoms with van der Waals surface area (Å²) in [5, 5.41) is 0. The molecular formula is C10H12B. The molecule has 2 rings (SSSR count). The van der Waals surface area contributed by atoms with Crippen molar-refractivity contribution in [3.8, 4) is 0 Å². The van der Waals surface area contributed by atoms with Crippen LogP contribution in [0.2, 0.25) is 5.82 Å². The summed E-state index contributed by atoms with van der Waals surface area (Å²) in [6, 6.07) is 10.7. The Morgan fingerprint density at radius 3 is 2.55 bits per heavy atom. The highest BCUT2D eigenvalue weighted by molar-refractivity contribution is 6.38. The minimum Gasteiger partial charge on any atom is -0.0685 e. The molecule has 1 aliphatic carbocycles. The Morgan fingerprint density at radius 1 is 1.18 bits per heavy atom. The normalized spacial score (nSPS) is 16.4. The number of rotatable bonds is 3. The Bertz CT molecular complexity index is 214. The molecule has 0 atom stereocenters. The van der Waals surface area contributed by atoms with Crippen molar-refractivity contribution in [3.05, 3.63) is 35.9 Å². The molecule has 1 fully saturated rings. The Hall–Kier alpha value is -0.715. The van der Waals surface area contributed by atoms with E-state index in [1.165, 1.54) is 18.4 Å². The molecule has 0 N–H and O–H groups in total. The van der Waals surface area contributed by atoms with Crippen molar-refractivity contribution in [2.24, 2.45) is 0 Å². The average molecular weight is 143 g/mol. The molecule has 11 heavy (non-hydrogen) atoms. The van der Waals surface area contributed by atoms with E-state index in [9.17, 15) is 0 Å². The van der Waals surface area contributed by atoms with E-state index in [1.807, 2.05) is 0 Å². The van der Waals surface area contributed by atoms with Crippen molar-refractivity contribution in [1.29, 1.82) is 0 Å². The van der Waals surface area contributed by atoms with Crippen LogP contribution in [-0.4, -0.2) is 7.28 Å². The summed E-state index contributed by atoms with van der Waals surface area (Å²) in [5.74, 6) is 0.940. The number of hydrogen-bond donors (Lipinski definition) is 0. The predicted octanol–water partition coefficient (Wildman–Crippen LogP) is 2.47. The maximum Gasteiger partial charge on any atom is 0.119 e. The van der Waals surface area contributed by atoms with Crippen LogP contribution in [0.5, 0.6) is 0 Å². The summed E-state index contributed by atoms with van der Waals surface area (Å²) in [4.78, 5) is 0. The van der Waals surface area contributed by atoms with Gasteiger partial charge in [0.1, 0.15) is 7.28 Å². The van der Waals surface area contributed by atoms with Crippen LogP contribution < -0.4 is 0 Å². The molecule has 0 heterocycles. The lowest BCUT2D eigenvalue weighted by molar-refractivity contribution is 1.31. The van der Waals surface area contributed by atoms with E-state index in [4.69, 9.17) is 0 Å². The van der Waals surface area contributed by atoms with E-state index in [1.54, 1.807) is 0 Å². The Labute approximate surface area is 68.9 Å². The molecule has 1 saturated carbocycles. The maximum absolute atomic E-state index is 2.44. The second-order valence-electron chi connectivity index (χ2n) is 3.26. The smallest absolute Gasteiger partial charge is 0.0685 e. The van der Waals surface area contributed by atoms with Gasteiger partial charge in [0.25, 0.3) is 0 Å². The summed E-state index contributed by atoms with van der Waals surface area (Å²) < 4.78 is 0. The minimum atomic E-state index is 0.940. The Balaban J connectivity index is 1.85. The summed E-state index contributed by atoms with van der Waals surface area (Å²) in [6.07, 6.45) is 4.01. The molecule has 1 aromatic carbocycles. The Kier molecular flexibility index (Phi) is 1.98. The Morgan fingerprint density at radius 2 is 1.91 bits per heavy atom. The van der Waals surface area contributed by atoms with E-state index >= 15 is 0 Å². The second kappa shape index (κ2) is 3.12. The molecular weight excluding hydrogens is 131 g/mol. The van der Waals surface area contributed by atoms with Gasteiger partial charge in [-0.25, -0.2) is 0 Å². The predicted molar refractivity (Wildman–Crippen MR) is 48.9 cm³/mol. The van der Waals surface area contributed by atoms with Crippen molar-refractivity contribution >= 4 is 7.28 Å². The van der Waals surface area contributed by atoms with Gasteiger partial charge in [-0.3, -0.25) is 0 Å². The molecule has 55 valence electrons. The van der Waals surface area contributed by atoms with E-state index in [2.05, 4.69) is 37.6 Å². The van der Waals surface area contributed by atoms with Crippen molar-refractivity contribution in [2.75, 3.05) is 0 Å². The number of hydrogen-bond acceptors (Lipinski definition) is 0. The topological polar surface area (TPSA) is 0 Å². The van der Waals surface area contributed by atoms with Crippen LogP contribution in [0.4, 0.5) is 0 Å². The van der Waals surface area contributed by atoms with Gasteiger partial charge in [-0.2, -0.15) is 0 Å². The molecule has 0 spiro atoms. The van der Waals surface area contributed by atoms with Crippen LogP contribution in [0, 0.1) is 0 Å². The first-order valence-corrected chi connectivity index (χ1v) is 4.32. The van der Waals surface area contributed by atoms with Crippen LogP contribution in [0.25, 0.3) is 0 Å². The summed E-state index contributed by atoms with van der Waals surface area (Å²) >= 11 is 0. The van der Waals surface area contributed by atoms with Crippen LogP contribution in [0.3, 0.4) is 0 Å². The largest absolute Gasteiger partial charge is 0.119 e. The molecule has 1 heteroatoms. The van der Waals surface area contributed by atoms with Gasteiger partial charge in [-0.1, -0.05) is 60.9 Å². The fourth-order valence-electron chi connectivity index (χ4n) is 1.25. The van der Waals surface area contributed by atoms with Gasteiger partial charge in [0.2, 0.25) is 0 Å². The molecule has 0 bridgehead atoms. The van der Waals surface area contributed by atoms with Gasteiger partial charge < -0.3 is 0 Å². The van der Waals surface area contributed by atoms with Gasteiger partial charge in [0.05, 0.1) is 0 Å².